The maximum absolute atomic E-state index is 12.4. The number of carbonyl (C=O) groups is 2. The molecule has 1 amide bonds. The molecule has 1 aromatic rings. The summed E-state index contributed by atoms with van der Waals surface area (Å²) in [5.74, 6) is -1.39. The highest BCUT2D eigenvalue weighted by Crippen LogP contribution is 2.23. The smallest absolute Gasteiger partial charge is 0.308 e. The number of likely N-dealkylation sites (N-methyl/N-ethyl adjacent to an activating group) is 1. The lowest BCUT2D eigenvalue weighted by atomic mass is 10.1. The number of hydrogen-bond acceptors (Lipinski definition) is 3. The summed E-state index contributed by atoms with van der Waals surface area (Å²) in [6.45, 7) is 4.95. The Morgan fingerprint density at radius 2 is 2.05 bits per heavy atom. The van der Waals surface area contributed by atoms with Crippen LogP contribution in [-0.4, -0.2) is 41.1 Å². The van der Waals surface area contributed by atoms with Gasteiger partial charge in [-0.2, -0.15) is 0 Å². The van der Waals surface area contributed by atoms with Crippen molar-refractivity contribution in [3.63, 3.8) is 0 Å². The fraction of sp³-hybridized carbons (Fsp3) is 0.467. The Morgan fingerprint density at radius 1 is 1.43 bits per heavy atom. The number of carboxylic acids is 1. The minimum atomic E-state index is -1.11. The molecule has 0 aliphatic rings. The lowest BCUT2D eigenvalue weighted by Crippen LogP contribution is -2.49. The summed E-state index contributed by atoms with van der Waals surface area (Å²) >= 11 is 5.88. The van der Waals surface area contributed by atoms with Crippen LogP contribution in [0.15, 0.2) is 24.3 Å². The van der Waals surface area contributed by atoms with Crippen molar-refractivity contribution in [1.82, 2.24) is 4.90 Å². The van der Waals surface area contributed by atoms with Crippen LogP contribution in [0.4, 0.5) is 0 Å². The quantitative estimate of drug-likeness (QED) is 0.877. The van der Waals surface area contributed by atoms with Crippen LogP contribution in [0.2, 0.25) is 5.02 Å². The van der Waals surface area contributed by atoms with Crippen LogP contribution in [0.25, 0.3) is 0 Å². The predicted octanol–water partition coefficient (Wildman–Crippen LogP) is 2.68. The van der Waals surface area contributed by atoms with Gasteiger partial charge in [-0.1, -0.05) is 24.6 Å². The van der Waals surface area contributed by atoms with Crippen LogP contribution in [0.3, 0.4) is 0 Å². The zero-order valence-electron chi connectivity index (χ0n) is 12.6. The van der Waals surface area contributed by atoms with Gasteiger partial charge in [-0.15, -0.1) is 0 Å². The Hall–Kier alpha value is -1.75. The van der Waals surface area contributed by atoms with E-state index < -0.39 is 17.5 Å². The van der Waals surface area contributed by atoms with Crippen molar-refractivity contribution >= 4 is 23.5 Å². The van der Waals surface area contributed by atoms with Crippen LogP contribution in [0.1, 0.15) is 20.8 Å². The number of carboxylic acid groups (broad SMARTS) is 1. The number of carbonyl (C=O) groups excluding carboxylic acids is 1. The van der Waals surface area contributed by atoms with Gasteiger partial charge in [-0.05, 0) is 32.0 Å². The zero-order chi connectivity index (χ0) is 16.2. The maximum atomic E-state index is 12.4. The van der Waals surface area contributed by atoms with Crippen molar-refractivity contribution in [3.8, 4) is 5.75 Å². The van der Waals surface area contributed by atoms with Gasteiger partial charge in [0.15, 0.2) is 5.60 Å². The molecule has 0 aliphatic heterocycles. The minimum Gasteiger partial charge on any atom is -0.481 e. The number of benzene rings is 1. The SMILES string of the molecule is CC(CN(C)C(=O)C(C)(C)Oc1cccc(Cl)c1)C(=O)O. The molecule has 0 saturated carbocycles. The first-order valence-corrected chi connectivity index (χ1v) is 6.94. The predicted molar refractivity (Wildman–Crippen MR) is 80.6 cm³/mol. The molecule has 0 spiro atoms. The van der Waals surface area contributed by atoms with Crippen LogP contribution >= 0.6 is 11.6 Å². The molecule has 1 aromatic carbocycles. The molecule has 1 atom stereocenters. The van der Waals surface area contributed by atoms with E-state index in [4.69, 9.17) is 21.4 Å². The van der Waals surface area contributed by atoms with Gasteiger partial charge in [0.05, 0.1) is 5.92 Å². The van der Waals surface area contributed by atoms with E-state index in [1.165, 1.54) is 4.90 Å². The summed E-state index contributed by atoms with van der Waals surface area (Å²) in [4.78, 5) is 24.6. The van der Waals surface area contributed by atoms with E-state index in [0.717, 1.165) is 0 Å². The molecule has 1 rings (SSSR count). The molecule has 0 radical (unpaired) electrons. The molecule has 0 bridgehead atoms. The molecule has 0 aliphatic carbocycles. The van der Waals surface area contributed by atoms with Crippen LogP contribution in [0.5, 0.6) is 5.75 Å². The second kappa shape index (κ2) is 6.80. The van der Waals surface area contributed by atoms with Gasteiger partial charge in [0, 0.05) is 18.6 Å². The number of aliphatic carboxylic acids is 1. The van der Waals surface area contributed by atoms with Crippen molar-refractivity contribution in [2.75, 3.05) is 13.6 Å². The first-order chi connectivity index (χ1) is 9.63. The lowest BCUT2D eigenvalue weighted by molar-refractivity contribution is -0.147. The second-order valence-electron chi connectivity index (χ2n) is 5.49. The Kier molecular flexibility index (Phi) is 5.61. The second-order valence-corrected chi connectivity index (χ2v) is 5.93. The molecule has 116 valence electrons. The number of amides is 1. The molecule has 1 N–H and O–H groups in total. The fourth-order valence-corrected chi connectivity index (χ4v) is 2.08. The van der Waals surface area contributed by atoms with Crippen molar-refractivity contribution < 1.29 is 19.4 Å². The fourth-order valence-electron chi connectivity index (χ4n) is 1.90. The summed E-state index contributed by atoms with van der Waals surface area (Å²) in [5.41, 5.74) is -1.11. The van der Waals surface area contributed by atoms with E-state index >= 15 is 0 Å². The first kappa shape index (κ1) is 17.3. The Morgan fingerprint density at radius 3 is 2.57 bits per heavy atom. The normalized spacial score (nSPS) is 12.6. The van der Waals surface area contributed by atoms with Gasteiger partial charge >= 0.3 is 5.97 Å². The third-order valence-corrected chi connectivity index (χ3v) is 3.24. The van der Waals surface area contributed by atoms with E-state index in [1.54, 1.807) is 52.1 Å². The van der Waals surface area contributed by atoms with E-state index in [0.29, 0.717) is 10.8 Å². The third kappa shape index (κ3) is 4.93. The van der Waals surface area contributed by atoms with E-state index in [-0.39, 0.29) is 12.5 Å². The zero-order valence-corrected chi connectivity index (χ0v) is 13.3. The van der Waals surface area contributed by atoms with Crippen LogP contribution in [-0.2, 0) is 9.59 Å². The Bertz CT molecular complexity index is 530. The lowest BCUT2D eigenvalue weighted by Gasteiger charge is -2.31. The molecule has 6 heteroatoms. The monoisotopic (exact) mass is 313 g/mol. The van der Waals surface area contributed by atoms with Gasteiger partial charge in [-0.25, -0.2) is 0 Å². The summed E-state index contributed by atoms with van der Waals surface area (Å²) in [6, 6.07) is 6.77. The standard InChI is InChI=1S/C15H20ClNO4/c1-10(13(18)19)9-17(4)14(20)15(2,3)21-12-7-5-6-11(16)8-12/h5-8,10H,9H2,1-4H3,(H,18,19). The van der Waals surface area contributed by atoms with E-state index in [1.807, 2.05) is 0 Å². The molecule has 21 heavy (non-hydrogen) atoms. The molecular weight excluding hydrogens is 294 g/mol. The number of hydrogen-bond donors (Lipinski definition) is 1. The number of nitrogens with zero attached hydrogens (tertiary/aromatic N) is 1. The summed E-state index contributed by atoms with van der Waals surface area (Å²) in [6.07, 6.45) is 0. The largest absolute Gasteiger partial charge is 0.481 e. The molecular formula is C15H20ClNO4. The highest BCUT2D eigenvalue weighted by Gasteiger charge is 2.33. The summed E-state index contributed by atoms with van der Waals surface area (Å²) < 4.78 is 5.68. The molecule has 1 unspecified atom stereocenters. The number of halogens is 1. The Balaban J connectivity index is 2.76. The molecule has 0 aromatic heterocycles. The molecule has 0 fully saturated rings. The molecule has 0 saturated heterocycles. The summed E-state index contributed by atoms with van der Waals surface area (Å²) in [5, 5.41) is 9.41. The van der Waals surface area contributed by atoms with Gasteiger partial charge in [-0.3, -0.25) is 9.59 Å². The Labute approximate surface area is 129 Å². The van der Waals surface area contributed by atoms with Crippen molar-refractivity contribution in [2.24, 2.45) is 5.92 Å². The molecule has 5 nitrogen and oxygen atoms in total. The topological polar surface area (TPSA) is 66.8 Å². The highest BCUT2D eigenvalue weighted by atomic mass is 35.5. The van der Waals surface area contributed by atoms with E-state index in [2.05, 4.69) is 0 Å². The van der Waals surface area contributed by atoms with Crippen molar-refractivity contribution in [2.45, 2.75) is 26.4 Å². The average molecular weight is 314 g/mol. The van der Waals surface area contributed by atoms with Crippen molar-refractivity contribution in [3.05, 3.63) is 29.3 Å². The highest BCUT2D eigenvalue weighted by molar-refractivity contribution is 6.30. The van der Waals surface area contributed by atoms with Gasteiger partial charge < -0.3 is 14.7 Å². The van der Waals surface area contributed by atoms with Gasteiger partial charge in [0.2, 0.25) is 0 Å². The van der Waals surface area contributed by atoms with Gasteiger partial charge in [0.1, 0.15) is 5.75 Å². The molecule has 0 heterocycles. The third-order valence-electron chi connectivity index (χ3n) is 3.00. The first-order valence-electron chi connectivity index (χ1n) is 6.56. The average Bonchev–Trinajstić information content (AvgIpc) is 2.36. The van der Waals surface area contributed by atoms with Crippen molar-refractivity contribution in [1.29, 1.82) is 0 Å². The maximum Gasteiger partial charge on any atom is 0.308 e. The minimum absolute atomic E-state index is 0.122. The summed E-state index contributed by atoms with van der Waals surface area (Å²) in [7, 11) is 1.56. The van der Waals surface area contributed by atoms with Crippen LogP contribution < -0.4 is 4.74 Å². The number of rotatable bonds is 6. The van der Waals surface area contributed by atoms with Crippen LogP contribution in [0, 0.1) is 5.92 Å². The van der Waals surface area contributed by atoms with Gasteiger partial charge in [0.25, 0.3) is 5.91 Å². The number of ether oxygens (including phenoxy) is 1. The van der Waals surface area contributed by atoms with E-state index in [9.17, 15) is 9.59 Å².